The molecule has 0 bridgehead atoms. The van der Waals surface area contributed by atoms with Gasteiger partial charge in [-0.1, -0.05) is 0 Å². The Labute approximate surface area is 153 Å². The van der Waals surface area contributed by atoms with E-state index in [1.807, 2.05) is 11.1 Å². The molecule has 1 fully saturated rings. The third-order valence-corrected chi connectivity index (χ3v) is 6.32. The maximum atomic E-state index is 12.8. The average Bonchev–Trinajstić information content (AvgIpc) is 3.32. The summed E-state index contributed by atoms with van der Waals surface area (Å²) < 4.78 is 6.74. The zero-order valence-electron chi connectivity index (χ0n) is 14.1. The molecular formula is C18H18N4O3S. The molecule has 2 N–H and O–H groups in total. The normalized spacial score (nSPS) is 16.9. The van der Waals surface area contributed by atoms with Crippen molar-refractivity contribution in [1.82, 2.24) is 20.1 Å². The number of thiophene rings is 1. The lowest BCUT2D eigenvalue weighted by atomic mass is 10.0. The van der Waals surface area contributed by atoms with Crippen LogP contribution in [-0.2, 0) is 17.8 Å². The Morgan fingerprint density at radius 2 is 2.19 bits per heavy atom. The van der Waals surface area contributed by atoms with Crippen LogP contribution in [0.25, 0.3) is 20.5 Å². The SMILES string of the molecule is O=C1CCCN1Cc1[nH]c(=O)c2sc(-c3cn[nH]c3)c3c2c1CCCO3. The van der Waals surface area contributed by atoms with E-state index in [0.29, 0.717) is 24.3 Å². The zero-order chi connectivity index (χ0) is 17.7. The largest absolute Gasteiger partial charge is 0.491 e. The molecule has 0 spiro atoms. The number of carbonyl (C=O) groups excluding carboxylic acids is 1. The van der Waals surface area contributed by atoms with E-state index in [2.05, 4.69) is 15.2 Å². The summed E-state index contributed by atoms with van der Waals surface area (Å²) in [5.41, 5.74) is 2.76. The van der Waals surface area contributed by atoms with Crippen LogP contribution in [0.3, 0.4) is 0 Å². The molecule has 5 rings (SSSR count). The van der Waals surface area contributed by atoms with E-state index >= 15 is 0 Å². The monoisotopic (exact) mass is 370 g/mol. The molecule has 0 unspecified atom stereocenters. The first-order valence-electron chi connectivity index (χ1n) is 8.82. The maximum absolute atomic E-state index is 12.8. The van der Waals surface area contributed by atoms with Crippen molar-refractivity contribution in [2.24, 2.45) is 0 Å². The summed E-state index contributed by atoms with van der Waals surface area (Å²) in [6.45, 7) is 1.84. The Kier molecular flexibility index (Phi) is 3.59. The Morgan fingerprint density at radius 3 is 2.96 bits per heavy atom. The highest BCUT2D eigenvalue weighted by molar-refractivity contribution is 7.22. The highest BCUT2D eigenvalue weighted by Crippen LogP contribution is 2.46. The number of nitrogens with zero attached hydrogens (tertiary/aromatic N) is 2. The Morgan fingerprint density at radius 1 is 1.27 bits per heavy atom. The van der Waals surface area contributed by atoms with Gasteiger partial charge in [0.05, 0.1) is 24.2 Å². The van der Waals surface area contributed by atoms with Crippen molar-refractivity contribution in [2.45, 2.75) is 32.2 Å². The van der Waals surface area contributed by atoms with Crippen molar-refractivity contribution >= 4 is 27.3 Å². The van der Waals surface area contributed by atoms with E-state index < -0.39 is 0 Å². The highest BCUT2D eigenvalue weighted by Gasteiger charge is 2.27. The van der Waals surface area contributed by atoms with E-state index in [9.17, 15) is 9.59 Å². The van der Waals surface area contributed by atoms with Gasteiger partial charge in [-0.15, -0.1) is 11.3 Å². The molecule has 7 nitrogen and oxygen atoms in total. The van der Waals surface area contributed by atoms with Gasteiger partial charge in [0.1, 0.15) is 10.4 Å². The van der Waals surface area contributed by atoms with Crippen molar-refractivity contribution in [3.05, 3.63) is 34.0 Å². The number of aromatic nitrogens is 3. The van der Waals surface area contributed by atoms with Crippen LogP contribution in [0.4, 0.5) is 0 Å². The van der Waals surface area contributed by atoms with Crippen molar-refractivity contribution in [2.75, 3.05) is 13.2 Å². The number of hydrogen-bond acceptors (Lipinski definition) is 5. The van der Waals surface area contributed by atoms with Gasteiger partial charge in [-0.25, -0.2) is 0 Å². The van der Waals surface area contributed by atoms with Crippen LogP contribution in [-0.4, -0.2) is 39.1 Å². The van der Waals surface area contributed by atoms with Crippen LogP contribution in [0, 0.1) is 0 Å². The average molecular weight is 370 g/mol. The van der Waals surface area contributed by atoms with Gasteiger partial charge in [0.25, 0.3) is 5.56 Å². The second kappa shape index (κ2) is 5.98. The lowest BCUT2D eigenvalue weighted by Crippen LogP contribution is -2.26. The maximum Gasteiger partial charge on any atom is 0.266 e. The van der Waals surface area contributed by atoms with Crippen molar-refractivity contribution < 1.29 is 9.53 Å². The molecule has 1 amide bonds. The minimum Gasteiger partial charge on any atom is -0.491 e. The first-order valence-corrected chi connectivity index (χ1v) is 9.64. The lowest BCUT2D eigenvalue weighted by Gasteiger charge is -2.18. The van der Waals surface area contributed by atoms with E-state index in [4.69, 9.17) is 4.74 Å². The number of pyridine rings is 1. The molecule has 2 aliphatic heterocycles. The molecule has 0 radical (unpaired) electrons. The first kappa shape index (κ1) is 15.6. The number of aryl methyl sites for hydroxylation is 1. The van der Waals surface area contributed by atoms with E-state index in [1.165, 1.54) is 11.3 Å². The third-order valence-electron chi connectivity index (χ3n) is 5.10. The number of hydrogen-bond donors (Lipinski definition) is 2. The topological polar surface area (TPSA) is 91.1 Å². The standard InChI is InChI=1S/C18H18N4O3S/c23-13-4-1-5-22(13)9-12-11-3-2-6-25-15-14(11)17(18(24)21-12)26-16(15)10-7-19-20-8-10/h7-8H,1-6,9H2,(H,19,20)(H,21,24). The molecule has 8 heteroatoms. The number of nitrogens with one attached hydrogen (secondary N) is 2. The van der Waals surface area contributed by atoms with Crippen LogP contribution < -0.4 is 10.3 Å². The second-order valence-electron chi connectivity index (χ2n) is 6.73. The molecule has 26 heavy (non-hydrogen) atoms. The first-order chi connectivity index (χ1) is 12.7. The summed E-state index contributed by atoms with van der Waals surface area (Å²) in [6.07, 6.45) is 6.75. The molecular weight excluding hydrogens is 352 g/mol. The molecule has 2 aliphatic rings. The summed E-state index contributed by atoms with van der Waals surface area (Å²) in [4.78, 5) is 30.6. The van der Waals surface area contributed by atoms with Crippen molar-refractivity contribution in [3.63, 3.8) is 0 Å². The van der Waals surface area contributed by atoms with E-state index in [0.717, 1.165) is 58.6 Å². The number of amides is 1. The van der Waals surface area contributed by atoms with Gasteiger partial charge >= 0.3 is 0 Å². The highest BCUT2D eigenvalue weighted by atomic mass is 32.1. The molecule has 0 atom stereocenters. The zero-order valence-corrected chi connectivity index (χ0v) is 14.9. The summed E-state index contributed by atoms with van der Waals surface area (Å²) >= 11 is 1.44. The van der Waals surface area contributed by atoms with Gasteiger partial charge in [-0.2, -0.15) is 5.10 Å². The quantitative estimate of drug-likeness (QED) is 0.741. The summed E-state index contributed by atoms with van der Waals surface area (Å²) in [5.74, 6) is 0.937. The third kappa shape index (κ3) is 2.36. The Bertz CT molecular complexity index is 1050. The molecule has 0 aliphatic carbocycles. The second-order valence-corrected chi connectivity index (χ2v) is 7.75. The predicted molar refractivity (Wildman–Crippen MR) is 98.5 cm³/mol. The minimum absolute atomic E-state index is 0.114. The van der Waals surface area contributed by atoms with Crippen LogP contribution in [0.2, 0.25) is 0 Å². The van der Waals surface area contributed by atoms with E-state index in [1.54, 1.807) is 6.20 Å². The van der Waals surface area contributed by atoms with Crippen LogP contribution in [0.5, 0.6) is 5.75 Å². The number of aromatic amines is 2. The van der Waals surface area contributed by atoms with Gasteiger partial charge in [0.2, 0.25) is 5.91 Å². The molecule has 1 saturated heterocycles. The molecule has 5 heterocycles. The molecule has 0 saturated carbocycles. The van der Waals surface area contributed by atoms with E-state index in [-0.39, 0.29) is 11.5 Å². The fourth-order valence-electron chi connectivity index (χ4n) is 3.87. The summed E-state index contributed by atoms with van der Waals surface area (Å²) in [5, 5.41) is 7.75. The lowest BCUT2D eigenvalue weighted by molar-refractivity contribution is -0.128. The number of rotatable bonds is 3. The van der Waals surface area contributed by atoms with Crippen LogP contribution in [0.15, 0.2) is 17.2 Å². The Balaban J connectivity index is 1.72. The minimum atomic E-state index is -0.114. The van der Waals surface area contributed by atoms with Gasteiger partial charge < -0.3 is 14.6 Å². The molecule has 0 aromatic carbocycles. The van der Waals surface area contributed by atoms with Crippen molar-refractivity contribution in [3.8, 4) is 16.2 Å². The van der Waals surface area contributed by atoms with Crippen LogP contribution in [0.1, 0.15) is 30.5 Å². The van der Waals surface area contributed by atoms with Crippen molar-refractivity contribution in [1.29, 1.82) is 0 Å². The smallest absolute Gasteiger partial charge is 0.266 e. The van der Waals surface area contributed by atoms with Gasteiger partial charge in [0, 0.05) is 35.8 Å². The molecule has 3 aromatic rings. The Hall–Kier alpha value is -2.61. The number of ether oxygens (including phenoxy) is 1. The summed E-state index contributed by atoms with van der Waals surface area (Å²) in [6, 6.07) is 0. The fraction of sp³-hybridized carbons (Fsp3) is 0.389. The van der Waals surface area contributed by atoms with Gasteiger partial charge in [0.15, 0.2) is 0 Å². The van der Waals surface area contributed by atoms with Gasteiger partial charge in [-0.05, 0) is 24.8 Å². The number of carbonyl (C=O) groups is 1. The molecule has 134 valence electrons. The fourth-order valence-corrected chi connectivity index (χ4v) is 5.02. The molecule has 3 aromatic heterocycles. The van der Waals surface area contributed by atoms with Crippen LogP contribution >= 0.6 is 11.3 Å². The number of H-pyrrole nitrogens is 2. The van der Waals surface area contributed by atoms with Gasteiger partial charge in [-0.3, -0.25) is 14.7 Å². The number of likely N-dealkylation sites (tertiary alicyclic amines) is 1. The summed E-state index contributed by atoms with van der Waals surface area (Å²) in [7, 11) is 0. The predicted octanol–water partition coefficient (Wildman–Crippen LogP) is 2.43.